The number of alkyl halides is 3. The zero-order chi connectivity index (χ0) is 27.5. The van der Waals surface area contributed by atoms with Crippen LogP contribution in [0.4, 0.5) is 19.0 Å². The SMILES string of the molecule is O=C1C(C2=N[C@@H](C(=O)O)[C@H]3C(=O)N(CCNc4ncc(C(F)(F)F)cc4Cl)C(=O)[C@@H]23)=C(O)c2ccccc21. The van der Waals surface area contributed by atoms with Crippen molar-refractivity contribution in [1.82, 2.24) is 9.88 Å². The number of fused-ring (bicyclic) bond motifs is 2. The number of aliphatic carboxylic acids is 1. The Labute approximate surface area is 216 Å². The summed E-state index contributed by atoms with van der Waals surface area (Å²) in [7, 11) is 0. The molecule has 3 heterocycles. The highest BCUT2D eigenvalue weighted by Gasteiger charge is 2.60. The van der Waals surface area contributed by atoms with E-state index in [-0.39, 0.29) is 46.3 Å². The number of nitrogens with zero attached hydrogens (tertiary/aromatic N) is 3. The summed E-state index contributed by atoms with van der Waals surface area (Å²) in [5.74, 6) is -7.22. The topological polar surface area (TPSA) is 149 Å². The summed E-state index contributed by atoms with van der Waals surface area (Å²) in [5, 5.41) is 22.7. The summed E-state index contributed by atoms with van der Waals surface area (Å²) in [6, 6.07) is 5.11. The van der Waals surface area contributed by atoms with Crippen LogP contribution in [0.3, 0.4) is 0 Å². The third-order valence-electron chi connectivity index (χ3n) is 6.55. The van der Waals surface area contributed by atoms with E-state index in [1.807, 2.05) is 0 Å². The van der Waals surface area contributed by atoms with E-state index < -0.39 is 58.9 Å². The van der Waals surface area contributed by atoms with E-state index in [1.165, 1.54) is 12.1 Å². The Bertz CT molecular complexity index is 1490. The van der Waals surface area contributed by atoms with Gasteiger partial charge < -0.3 is 15.5 Å². The second-order valence-electron chi connectivity index (χ2n) is 8.71. The van der Waals surface area contributed by atoms with Crippen LogP contribution in [-0.4, -0.2) is 68.5 Å². The lowest BCUT2D eigenvalue weighted by Gasteiger charge is -2.18. The van der Waals surface area contributed by atoms with Crippen molar-refractivity contribution >= 4 is 52.5 Å². The smallest absolute Gasteiger partial charge is 0.417 e. The number of hydrogen-bond donors (Lipinski definition) is 3. The quantitative estimate of drug-likeness (QED) is 0.467. The molecule has 1 fully saturated rings. The Kier molecular flexibility index (Phi) is 5.97. The molecule has 3 N–H and O–H groups in total. The summed E-state index contributed by atoms with van der Waals surface area (Å²) in [6.07, 6.45) is -4.07. The number of carboxylic acids is 1. The van der Waals surface area contributed by atoms with E-state index in [0.717, 1.165) is 4.90 Å². The average Bonchev–Trinajstić information content (AvgIpc) is 3.45. The molecule has 2 amide bonds. The number of carbonyl (C=O) groups is 4. The molecule has 1 aromatic carbocycles. The third kappa shape index (κ3) is 3.90. The number of aromatic nitrogens is 1. The molecular weight excluding hydrogens is 533 g/mol. The maximum absolute atomic E-state index is 13.3. The number of aliphatic hydroxyl groups is 1. The molecule has 10 nitrogen and oxygen atoms in total. The van der Waals surface area contributed by atoms with Crippen LogP contribution < -0.4 is 5.32 Å². The number of aliphatic imine (C=N–C) groups is 1. The van der Waals surface area contributed by atoms with Gasteiger partial charge in [0.05, 0.1) is 33.7 Å². The number of rotatable bonds is 6. The Balaban J connectivity index is 1.38. The molecule has 0 saturated carbocycles. The highest BCUT2D eigenvalue weighted by Crippen LogP contribution is 2.43. The summed E-state index contributed by atoms with van der Waals surface area (Å²) >= 11 is 5.86. The van der Waals surface area contributed by atoms with Gasteiger partial charge in [0.15, 0.2) is 11.8 Å². The fourth-order valence-corrected chi connectivity index (χ4v) is 5.06. The van der Waals surface area contributed by atoms with Gasteiger partial charge >= 0.3 is 12.1 Å². The first-order chi connectivity index (χ1) is 17.9. The third-order valence-corrected chi connectivity index (χ3v) is 6.84. The Morgan fingerprint density at radius 3 is 2.42 bits per heavy atom. The number of hydrogen-bond acceptors (Lipinski definition) is 8. The van der Waals surface area contributed by atoms with Gasteiger partial charge in [0.1, 0.15) is 11.6 Å². The fourth-order valence-electron chi connectivity index (χ4n) is 4.83. The number of anilines is 1. The van der Waals surface area contributed by atoms with Crippen LogP contribution in [-0.2, 0) is 20.6 Å². The molecule has 2 aromatic rings. The van der Waals surface area contributed by atoms with Crippen molar-refractivity contribution in [3.8, 4) is 0 Å². The highest BCUT2D eigenvalue weighted by molar-refractivity contribution is 6.40. The minimum atomic E-state index is -4.65. The molecule has 0 unspecified atom stereocenters. The van der Waals surface area contributed by atoms with E-state index >= 15 is 0 Å². The number of carbonyl (C=O) groups excluding carboxylic acids is 3. The van der Waals surface area contributed by atoms with Crippen molar-refractivity contribution in [2.75, 3.05) is 18.4 Å². The van der Waals surface area contributed by atoms with E-state index in [1.54, 1.807) is 12.1 Å². The molecule has 3 atom stereocenters. The van der Waals surface area contributed by atoms with Crippen molar-refractivity contribution in [1.29, 1.82) is 0 Å². The molecule has 2 aliphatic heterocycles. The molecule has 1 saturated heterocycles. The maximum Gasteiger partial charge on any atom is 0.417 e. The number of aliphatic hydroxyl groups excluding tert-OH is 1. The number of Topliss-reactive ketones (excluding diaryl/α,β-unsaturated/α-hetero) is 1. The van der Waals surface area contributed by atoms with E-state index in [4.69, 9.17) is 11.6 Å². The summed E-state index contributed by atoms with van der Waals surface area (Å²) < 4.78 is 38.5. The van der Waals surface area contributed by atoms with Gasteiger partial charge in [0.25, 0.3) is 0 Å². The molecule has 1 aromatic heterocycles. The molecule has 14 heteroatoms. The maximum atomic E-state index is 13.3. The Morgan fingerprint density at radius 1 is 1.13 bits per heavy atom. The van der Waals surface area contributed by atoms with E-state index in [0.29, 0.717) is 12.3 Å². The first kappa shape index (κ1) is 25.4. The second kappa shape index (κ2) is 8.94. The van der Waals surface area contributed by atoms with Gasteiger partial charge in [-0.3, -0.25) is 24.3 Å². The van der Waals surface area contributed by atoms with Crippen LogP contribution in [0.5, 0.6) is 0 Å². The van der Waals surface area contributed by atoms with Crippen molar-refractivity contribution in [3.63, 3.8) is 0 Å². The number of carboxylic acid groups (broad SMARTS) is 1. The number of benzene rings is 1. The zero-order valence-corrected chi connectivity index (χ0v) is 19.7. The zero-order valence-electron chi connectivity index (χ0n) is 19.0. The van der Waals surface area contributed by atoms with Crippen LogP contribution in [0.15, 0.2) is 47.1 Å². The molecule has 0 radical (unpaired) electrons. The Hall–Kier alpha value is -4.26. The van der Waals surface area contributed by atoms with Crippen molar-refractivity contribution in [2.45, 2.75) is 12.2 Å². The van der Waals surface area contributed by atoms with Gasteiger partial charge in [-0.25, -0.2) is 9.78 Å². The standard InChI is InChI=1S/C24H16ClF3N4O6/c25-12-7-9(24(26,27)28)8-30-20(12)29-5-6-32-21(35)13-14(22(32)36)17(23(37)38)31-16(13)15-18(33)10-3-1-2-4-11(10)19(15)34/h1-4,7-8,13-14,17,33H,5-6H2,(H,29,30)(H,37,38)/t13-,14+,17-/m1/s1. The largest absolute Gasteiger partial charge is 0.506 e. The molecule has 1 aliphatic carbocycles. The molecule has 5 rings (SSSR count). The van der Waals surface area contributed by atoms with Crippen LogP contribution in [0.2, 0.25) is 5.02 Å². The van der Waals surface area contributed by atoms with Gasteiger partial charge in [-0.1, -0.05) is 35.9 Å². The first-order valence-electron chi connectivity index (χ1n) is 11.1. The highest BCUT2D eigenvalue weighted by atomic mass is 35.5. The molecule has 196 valence electrons. The number of pyridine rings is 1. The van der Waals surface area contributed by atoms with Gasteiger partial charge in [-0.2, -0.15) is 13.2 Å². The minimum Gasteiger partial charge on any atom is -0.506 e. The van der Waals surface area contributed by atoms with Gasteiger partial charge in [-0.05, 0) is 6.07 Å². The molecular formula is C24H16ClF3N4O6. The van der Waals surface area contributed by atoms with Crippen LogP contribution in [0, 0.1) is 11.8 Å². The van der Waals surface area contributed by atoms with Gasteiger partial charge in [0, 0.05) is 30.4 Å². The number of halogens is 4. The van der Waals surface area contributed by atoms with Crippen LogP contribution >= 0.6 is 11.6 Å². The predicted molar refractivity (Wildman–Crippen MR) is 126 cm³/mol. The van der Waals surface area contributed by atoms with Crippen LogP contribution in [0.1, 0.15) is 21.5 Å². The minimum absolute atomic E-state index is 0.117. The van der Waals surface area contributed by atoms with Crippen molar-refractivity contribution in [3.05, 3.63) is 63.8 Å². The molecule has 38 heavy (non-hydrogen) atoms. The number of allylic oxidation sites excluding steroid dienone is 1. The average molecular weight is 549 g/mol. The lowest BCUT2D eigenvalue weighted by atomic mass is 9.85. The van der Waals surface area contributed by atoms with Crippen LogP contribution in [0.25, 0.3) is 5.76 Å². The Morgan fingerprint density at radius 2 is 1.82 bits per heavy atom. The summed E-state index contributed by atoms with van der Waals surface area (Å²) in [5.41, 5.74) is -1.31. The number of likely N-dealkylation sites (tertiary alicyclic amines) is 1. The van der Waals surface area contributed by atoms with Crippen molar-refractivity contribution in [2.24, 2.45) is 16.8 Å². The predicted octanol–water partition coefficient (Wildman–Crippen LogP) is 2.84. The van der Waals surface area contributed by atoms with Gasteiger partial charge in [-0.15, -0.1) is 0 Å². The summed E-state index contributed by atoms with van der Waals surface area (Å²) in [4.78, 5) is 59.8. The number of nitrogens with one attached hydrogen (secondary N) is 1. The lowest BCUT2D eigenvalue weighted by molar-refractivity contribution is -0.145. The second-order valence-corrected chi connectivity index (χ2v) is 9.11. The summed E-state index contributed by atoms with van der Waals surface area (Å²) in [6.45, 7) is -0.472. The molecule has 0 spiro atoms. The van der Waals surface area contributed by atoms with E-state index in [2.05, 4.69) is 15.3 Å². The number of imide groups is 1. The first-order valence-corrected chi connectivity index (χ1v) is 11.5. The number of ketones is 1. The molecule has 0 bridgehead atoms. The fraction of sp³-hybridized carbons (Fsp3) is 0.250. The van der Waals surface area contributed by atoms with E-state index in [9.17, 15) is 42.6 Å². The van der Waals surface area contributed by atoms with Crippen molar-refractivity contribution < 1.29 is 42.6 Å². The number of amides is 2. The molecule has 3 aliphatic rings. The monoisotopic (exact) mass is 548 g/mol. The lowest BCUT2D eigenvalue weighted by Crippen LogP contribution is -2.38. The normalized spacial score (nSPS) is 22.6. The van der Waals surface area contributed by atoms with Gasteiger partial charge in [0.2, 0.25) is 11.8 Å².